The zero-order valence-electron chi connectivity index (χ0n) is 18.8. The minimum atomic E-state index is -0.781. The first-order valence-corrected chi connectivity index (χ1v) is 11.9. The number of furan rings is 1. The van der Waals surface area contributed by atoms with Crippen molar-refractivity contribution < 1.29 is 18.8 Å². The fraction of sp³-hybridized carbons (Fsp3) is 0.280. The predicted octanol–water partition coefficient (Wildman–Crippen LogP) is 4.16. The Morgan fingerprint density at radius 2 is 2.03 bits per heavy atom. The van der Waals surface area contributed by atoms with Crippen LogP contribution < -0.4 is 5.32 Å². The molecule has 1 aliphatic carbocycles. The summed E-state index contributed by atoms with van der Waals surface area (Å²) in [7, 11) is 0. The third-order valence-electron chi connectivity index (χ3n) is 6.32. The van der Waals surface area contributed by atoms with Gasteiger partial charge in [-0.2, -0.15) is 5.26 Å². The van der Waals surface area contributed by atoms with Crippen molar-refractivity contribution in [2.45, 2.75) is 46.1 Å². The number of nitrogens with one attached hydrogen (secondary N) is 1. The Labute approximate surface area is 200 Å². The Bertz CT molecular complexity index is 1400. The van der Waals surface area contributed by atoms with Crippen molar-refractivity contribution in [3.8, 4) is 11.1 Å². The molecule has 1 N–H and O–H groups in total. The molecule has 0 aromatic carbocycles. The summed E-state index contributed by atoms with van der Waals surface area (Å²) >= 11 is 1.64. The maximum absolute atomic E-state index is 13.1. The lowest BCUT2D eigenvalue weighted by molar-refractivity contribution is -0.130. The standard InChI is InChI=1S/C25H22N4O4S/c1-14-10-16(15(2)29(14)24-20(12-26)18-7-3-4-8-21(18)34-24)11-19-22(30)27-25(32)28(23(19)31)13-17-6-5-9-33-17/h5-6,9-11H,3-4,7-8,13H2,1-2H3,(H,27,30,32). The smallest absolute Gasteiger partial charge is 0.331 e. The molecule has 4 amide bonds. The lowest BCUT2D eigenvalue weighted by Gasteiger charge is -2.25. The normalized spacial score (nSPS) is 17.1. The molecule has 0 atom stereocenters. The van der Waals surface area contributed by atoms with Gasteiger partial charge in [-0.1, -0.05) is 0 Å². The number of barbiturate groups is 1. The highest BCUT2D eigenvalue weighted by Crippen LogP contribution is 2.38. The van der Waals surface area contributed by atoms with Gasteiger partial charge in [0.2, 0.25) is 0 Å². The molecular weight excluding hydrogens is 452 g/mol. The molecule has 172 valence electrons. The molecule has 0 bridgehead atoms. The van der Waals surface area contributed by atoms with Crippen LogP contribution in [0.1, 0.15) is 51.6 Å². The van der Waals surface area contributed by atoms with E-state index in [1.807, 2.05) is 24.5 Å². The van der Waals surface area contributed by atoms with E-state index in [2.05, 4.69) is 11.4 Å². The SMILES string of the molecule is Cc1cc(C=C2C(=O)NC(=O)N(Cc3ccco3)C2=O)c(C)n1-c1sc2c(c1C#N)CCCC2. The van der Waals surface area contributed by atoms with Gasteiger partial charge in [0.25, 0.3) is 11.8 Å². The summed E-state index contributed by atoms with van der Waals surface area (Å²) in [5, 5.41) is 13.0. The molecule has 34 heavy (non-hydrogen) atoms. The third kappa shape index (κ3) is 3.56. The number of carbonyl (C=O) groups is 3. The van der Waals surface area contributed by atoms with Gasteiger partial charge in [0.05, 0.1) is 18.4 Å². The Morgan fingerprint density at radius 1 is 1.24 bits per heavy atom. The molecular formula is C25H22N4O4S. The first kappa shape index (κ1) is 21.9. The van der Waals surface area contributed by atoms with Crippen molar-refractivity contribution in [3.05, 3.63) is 68.8 Å². The second kappa shape index (κ2) is 8.47. The Morgan fingerprint density at radius 3 is 2.76 bits per heavy atom. The lowest BCUT2D eigenvalue weighted by atomic mass is 9.96. The summed E-state index contributed by atoms with van der Waals surface area (Å²) in [5.41, 5.74) is 4.12. The highest BCUT2D eigenvalue weighted by molar-refractivity contribution is 7.15. The maximum atomic E-state index is 13.1. The van der Waals surface area contributed by atoms with Crippen LogP contribution in [0, 0.1) is 25.2 Å². The topological polar surface area (TPSA) is 108 Å². The number of nitrogens with zero attached hydrogens (tertiary/aromatic N) is 3. The number of rotatable bonds is 4. The Balaban J connectivity index is 1.54. The number of nitriles is 1. The quantitative estimate of drug-likeness (QED) is 0.451. The number of urea groups is 1. The summed E-state index contributed by atoms with van der Waals surface area (Å²) in [6, 6.07) is 6.82. The number of carbonyl (C=O) groups excluding carboxylic acids is 3. The fourth-order valence-electron chi connectivity index (χ4n) is 4.62. The van der Waals surface area contributed by atoms with Gasteiger partial charge >= 0.3 is 6.03 Å². The van der Waals surface area contributed by atoms with Gasteiger partial charge in [-0.05, 0) is 74.9 Å². The summed E-state index contributed by atoms with van der Waals surface area (Å²) < 4.78 is 7.27. The molecule has 3 aromatic rings. The van der Waals surface area contributed by atoms with Crippen molar-refractivity contribution in [1.82, 2.24) is 14.8 Å². The van der Waals surface area contributed by atoms with Gasteiger partial charge in [-0.15, -0.1) is 11.3 Å². The van der Waals surface area contributed by atoms with E-state index in [9.17, 15) is 19.6 Å². The lowest BCUT2D eigenvalue weighted by Crippen LogP contribution is -2.53. The van der Waals surface area contributed by atoms with Crippen molar-refractivity contribution in [3.63, 3.8) is 0 Å². The van der Waals surface area contributed by atoms with E-state index in [0.717, 1.165) is 52.5 Å². The van der Waals surface area contributed by atoms with Gasteiger partial charge in [0.1, 0.15) is 22.4 Å². The number of aryl methyl sites for hydroxylation is 2. The average Bonchev–Trinajstić information content (AvgIpc) is 3.51. The largest absolute Gasteiger partial charge is 0.467 e. The number of hydrogen-bond acceptors (Lipinski definition) is 6. The Kier molecular flexibility index (Phi) is 5.46. The Hall–Kier alpha value is -3.90. The molecule has 2 aliphatic rings. The van der Waals surface area contributed by atoms with Crippen molar-refractivity contribution in [2.24, 2.45) is 0 Å². The number of fused-ring (bicyclic) bond motifs is 1. The van der Waals surface area contributed by atoms with Crippen molar-refractivity contribution in [1.29, 1.82) is 5.26 Å². The number of amides is 4. The number of aromatic nitrogens is 1. The number of thiophene rings is 1. The summed E-state index contributed by atoms with van der Waals surface area (Å²) in [4.78, 5) is 40.1. The van der Waals surface area contributed by atoms with E-state index in [-0.39, 0.29) is 12.1 Å². The molecule has 0 unspecified atom stereocenters. The highest BCUT2D eigenvalue weighted by atomic mass is 32.1. The predicted molar refractivity (Wildman–Crippen MR) is 125 cm³/mol. The molecule has 0 saturated carbocycles. The third-order valence-corrected chi connectivity index (χ3v) is 7.59. The zero-order valence-corrected chi connectivity index (χ0v) is 19.6. The van der Waals surface area contributed by atoms with Crippen LogP contribution in [0.25, 0.3) is 11.1 Å². The van der Waals surface area contributed by atoms with Crippen molar-refractivity contribution in [2.75, 3.05) is 0 Å². The molecule has 0 radical (unpaired) electrons. The van der Waals surface area contributed by atoms with Crippen LogP contribution in [-0.2, 0) is 29.0 Å². The van der Waals surface area contributed by atoms with E-state index >= 15 is 0 Å². The van der Waals surface area contributed by atoms with Crippen LogP contribution in [-0.4, -0.2) is 27.3 Å². The fourth-order valence-corrected chi connectivity index (χ4v) is 6.07. The second-order valence-electron chi connectivity index (χ2n) is 8.45. The molecule has 4 heterocycles. The molecule has 3 aromatic heterocycles. The van der Waals surface area contributed by atoms with Crippen LogP contribution in [0.15, 0.2) is 34.5 Å². The summed E-state index contributed by atoms with van der Waals surface area (Å²) in [6.45, 7) is 3.76. The zero-order chi connectivity index (χ0) is 24.0. The number of imide groups is 2. The second-order valence-corrected chi connectivity index (χ2v) is 9.54. The van der Waals surface area contributed by atoms with Crippen molar-refractivity contribution >= 4 is 35.3 Å². The minimum absolute atomic E-state index is 0.0758. The maximum Gasteiger partial charge on any atom is 0.331 e. The van der Waals surface area contributed by atoms with Crippen LogP contribution in [0.4, 0.5) is 4.79 Å². The highest BCUT2D eigenvalue weighted by Gasteiger charge is 2.36. The molecule has 9 heteroatoms. The van der Waals surface area contributed by atoms with Crippen LogP contribution >= 0.6 is 11.3 Å². The van der Waals surface area contributed by atoms with Gasteiger partial charge in [-0.25, -0.2) is 4.79 Å². The first-order chi connectivity index (χ1) is 16.4. The van der Waals surface area contributed by atoms with Gasteiger partial charge < -0.3 is 8.98 Å². The van der Waals surface area contributed by atoms with Gasteiger partial charge in [-0.3, -0.25) is 19.8 Å². The van der Waals surface area contributed by atoms with Gasteiger partial charge in [0, 0.05) is 16.3 Å². The molecule has 1 fully saturated rings. The first-order valence-electron chi connectivity index (χ1n) is 11.0. The summed E-state index contributed by atoms with van der Waals surface area (Å²) in [5.74, 6) is -0.986. The number of hydrogen-bond donors (Lipinski definition) is 1. The van der Waals surface area contributed by atoms with Gasteiger partial charge in [0.15, 0.2) is 0 Å². The molecule has 0 spiro atoms. The van der Waals surface area contributed by atoms with E-state index in [0.29, 0.717) is 16.9 Å². The van der Waals surface area contributed by atoms with E-state index in [1.54, 1.807) is 23.5 Å². The average molecular weight is 475 g/mol. The van der Waals surface area contributed by atoms with Crippen LogP contribution in [0.3, 0.4) is 0 Å². The van der Waals surface area contributed by atoms with E-state index < -0.39 is 17.8 Å². The molecule has 5 rings (SSSR count). The van der Waals surface area contributed by atoms with Crippen LogP contribution in [0.2, 0.25) is 0 Å². The molecule has 1 saturated heterocycles. The summed E-state index contributed by atoms with van der Waals surface area (Å²) in [6.07, 6.45) is 7.08. The van der Waals surface area contributed by atoms with E-state index in [1.165, 1.54) is 17.2 Å². The molecule has 8 nitrogen and oxygen atoms in total. The molecule has 1 aliphatic heterocycles. The minimum Gasteiger partial charge on any atom is -0.467 e. The monoisotopic (exact) mass is 474 g/mol. The van der Waals surface area contributed by atoms with Crippen LogP contribution in [0.5, 0.6) is 0 Å². The van der Waals surface area contributed by atoms with E-state index in [4.69, 9.17) is 4.42 Å².